The summed E-state index contributed by atoms with van der Waals surface area (Å²) in [7, 11) is 0. The van der Waals surface area contributed by atoms with E-state index >= 15 is 0 Å². The molecule has 0 bridgehead atoms. The molecule has 0 aromatic heterocycles. The van der Waals surface area contributed by atoms with Gasteiger partial charge in [0.05, 0.1) is 24.3 Å². The Bertz CT molecular complexity index is 779. The molecule has 2 aromatic rings. The van der Waals surface area contributed by atoms with Crippen molar-refractivity contribution in [3.63, 3.8) is 0 Å². The van der Waals surface area contributed by atoms with Gasteiger partial charge in [0, 0.05) is 6.42 Å². The second-order valence-corrected chi connectivity index (χ2v) is 7.61. The van der Waals surface area contributed by atoms with Crippen molar-refractivity contribution >= 4 is 11.9 Å². The van der Waals surface area contributed by atoms with Gasteiger partial charge < -0.3 is 9.47 Å². The highest BCUT2D eigenvalue weighted by Crippen LogP contribution is 2.16. The molecule has 0 amide bonds. The van der Waals surface area contributed by atoms with Crippen molar-refractivity contribution in [1.29, 1.82) is 0 Å². The fourth-order valence-corrected chi connectivity index (χ4v) is 2.68. The highest BCUT2D eigenvalue weighted by Gasteiger charge is 2.19. The van der Waals surface area contributed by atoms with E-state index in [0.717, 1.165) is 25.7 Å². The van der Waals surface area contributed by atoms with E-state index in [0.29, 0.717) is 37.6 Å². The molecular formula is C26H34O8. The predicted molar refractivity (Wildman–Crippen MR) is 125 cm³/mol. The Hall–Kier alpha value is -3.10. The van der Waals surface area contributed by atoms with Crippen LogP contribution in [0.15, 0.2) is 48.5 Å². The van der Waals surface area contributed by atoms with Gasteiger partial charge in [0.2, 0.25) is 6.29 Å². The third-order valence-electron chi connectivity index (χ3n) is 4.70. The Morgan fingerprint density at radius 3 is 1.41 bits per heavy atom. The molecule has 0 heterocycles. The summed E-state index contributed by atoms with van der Waals surface area (Å²) in [6.07, 6.45) is 3.92. The van der Waals surface area contributed by atoms with Gasteiger partial charge in [-0.1, -0.05) is 40.0 Å². The molecule has 0 atom stereocenters. The van der Waals surface area contributed by atoms with Crippen molar-refractivity contribution in [2.75, 3.05) is 13.2 Å². The highest BCUT2D eigenvalue weighted by atomic mass is 17.3. The van der Waals surface area contributed by atoms with Crippen molar-refractivity contribution in [2.45, 2.75) is 65.6 Å². The zero-order valence-corrected chi connectivity index (χ0v) is 20.1. The summed E-state index contributed by atoms with van der Waals surface area (Å²) in [5.41, 5.74) is 0.577. The number of hydrogen-bond donors (Lipinski definition) is 0. The monoisotopic (exact) mass is 474 g/mol. The molecule has 0 aliphatic rings. The van der Waals surface area contributed by atoms with Crippen LogP contribution >= 0.6 is 0 Å². The van der Waals surface area contributed by atoms with Crippen LogP contribution in [-0.4, -0.2) is 31.4 Å². The van der Waals surface area contributed by atoms with Gasteiger partial charge >= 0.3 is 11.9 Å². The lowest BCUT2D eigenvalue weighted by molar-refractivity contribution is -0.421. The van der Waals surface area contributed by atoms with Crippen LogP contribution in [0, 0.1) is 0 Å². The van der Waals surface area contributed by atoms with Gasteiger partial charge in [-0.05, 0) is 61.4 Å². The first-order valence-corrected chi connectivity index (χ1v) is 11.8. The first-order valence-electron chi connectivity index (χ1n) is 11.8. The van der Waals surface area contributed by atoms with E-state index in [1.54, 1.807) is 48.5 Å². The van der Waals surface area contributed by atoms with Crippen LogP contribution in [0.1, 0.15) is 80.0 Å². The number of rotatable bonds is 16. The Morgan fingerprint density at radius 2 is 1.06 bits per heavy atom. The van der Waals surface area contributed by atoms with E-state index in [9.17, 15) is 9.59 Å². The first-order chi connectivity index (χ1) is 16.6. The van der Waals surface area contributed by atoms with Crippen LogP contribution in [0.3, 0.4) is 0 Å². The molecule has 0 fully saturated rings. The number of benzene rings is 2. The van der Waals surface area contributed by atoms with E-state index in [2.05, 4.69) is 13.8 Å². The second kappa shape index (κ2) is 15.7. The Morgan fingerprint density at radius 1 is 0.647 bits per heavy atom. The van der Waals surface area contributed by atoms with Gasteiger partial charge in [0.1, 0.15) is 11.5 Å². The summed E-state index contributed by atoms with van der Waals surface area (Å²) in [6.45, 7) is 7.30. The molecule has 34 heavy (non-hydrogen) atoms. The van der Waals surface area contributed by atoms with Crippen molar-refractivity contribution in [2.24, 2.45) is 0 Å². The molecule has 2 rings (SSSR count). The van der Waals surface area contributed by atoms with Crippen LogP contribution in [0.4, 0.5) is 0 Å². The molecule has 2 aromatic carbocycles. The fourth-order valence-electron chi connectivity index (χ4n) is 2.68. The number of ether oxygens (including phenoxy) is 2. The minimum atomic E-state index is -1.06. The summed E-state index contributed by atoms with van der Waals surface area (Å²) in [4.78, 5) is 44.4. The Kier molecular flexibility index (Phi) is 12.5. The molecule has 0 radical (unpaired) electrons. The lowest BCUT2D eigenvalue weighted by Crippen LogP contribution is -2.22. The SMILES string of the molecule is CCCCOc1ccc(C(=O)OOC(CCC)OOC(=O)c2ccc(OCCCC)cc2)cc1. The van der Waals surface area contributed by atoms with E-state index in [1.165, 1.54) is 0 Å². The van der Waals surface area contributed by atoms with E-state index in [1.807, 2.05) is 6.92 Å². The summed E-state index contributed by atoms with van der Waals surface area (Å²) >= 11 is 0. The molecule has 0 saturated heterocycles. The largest absolute Gasteiger partial charge is 0.494 e. The summed E-state index contributed by atoms with van der Waals surface area (Å²) in [5.74, 6) is -0.0549. The maximum absolute atomic E-state index is 12.2. The quantitative estimate of drug-likeness (QED) is 0.126. The third-order valence-corrected chi connectivity index (χ3v) is 4.70. The Balaban J connectivity index is 1.80. The minimum absolute atomic E-state index is 0.288. The van der Waals surface area contributed by atoms with Crippen LogP contribution in [-0.2, 0) is 19.6 Å². The molecule has 8 nitrogen and oxygen atoms in total. The van der Waals surface area contributed by atoms with Crippen LogP contribution in [0.2, 0.25) is 0 Å². The van der Waals surface area contributed by atoms with Gasteiger partial charge in [0.15, 0.2) is 0 Å². The minimum Gasteiger partial charge on any atom is -0.494 e. The number of carbonyl (C=O) groups is 2. The maximum Gasteiger partial charge on any atom is 0.373 e. The lowest BCUT2D eigenvalue weighted by atomic mass is 10.2. The van der Waals surface area contributed by atoms with Crippen LogP contribution in [0.5, 0.6) is 11.5 Å². The molecule has 0 N–H and O–H groups in total. The number of hydrogen-bond acceptors (Lipinski definition) is 8. The zero-order chi connectivity index (χ0) is 24.6. The van der Waals surface area contributed by atoms with Gasteiger partial charge in [-0.15, -0.1) is 9.78 Å². The smallest absolute Gasteiger partial charge is 0.373 e. The maximum atomic E-state index is 12.2. The van der Waals surface area contributed by atoms with Crippen molar-refractivity contribution in [3.8, 4) is 11.5 Å². The number of unbranched alkanes of at least 4 members (excludes halogenated alkanes) is 2. The van der Waals surface area contributed by atoms with Gasteiger partial charge in [-0.3, -0.25) is 9.78 Å². The molecular weight excluding hydrogens is 440 g/mol. The lowest BCUT2D eigenvalue weighted by Gasteiger charge is -2.14. The van der Waals surface area contributed by atoms with Gasteiger partial charge in [-0.2, -0.15) is 0 Å². The predicted octanol–water partition coefficient (Wildman–Crippen LogP) is 6.05. The van der Waals surface area contributed by atoms with E-state index < -0.39 is 18.2 Å². The second-order valence-electron chi connectivity index (χ2n) is 7.61. The Labute approximate surface area is 200 Å². The van der Waals surface area contributed by atoms with Crippen molar-refractivity contribution < 1.29 is 38.6 Å². The third kappa shape index (κ3) is 9.80. The van der Waals surface area contributed by atoms with Crippen molar-refractivity contribution in [1.82, 2.24) is 0 Å². The summed E-state index contributed by atoms with van der Waals surface area (Å²) < 4.78 is 11.1. The topological polar surface area (TPSA) is 89.5 Å². The molecule has 0 spiro atoms. The highest BCUT2D eigenvalue weighted by molar-refractivity contribution is 5.89. The normalized spacial score (nSPS) is 10.7. The average molecular weight is 475 g/mol. The molecule has 0 aliphatic heterocycles. The average Bonchev–Trinajstić information content (AvgIpc) is 2.86. The van der Waals surface area contributed by atoms with Crippen molar-refractivity contribution in [3.05, 3.63) is 59.7 Å². The zero-order valence-electron chi connectivity index (χ0n) is 20.1. The molecule has 0 unspecified atom stereocenters. The summed E-state index contributed by atoms with van der Waals surface area (Å²) in [5, 5.41) is 0. The van der Waals surface area contributed by atoms with Crippen LogP contribution in [0.25, 0.3) is 0 Å². The van der Waals surface area contributed by atoms with Crippen LogP contribution < -0.4 is 9.47 Å². The van der Waals surface area contributed by atoms with E-state index in [4.69, 9.17) is 29.0 Å². The molecule has 0 aliphatic carbocycles. The number of carbonyl (C=O) groups excluding carboxylic acids is 2. The molecule has 0 saturated carbocycles. The van der Waals surface area contributed by atoms with Gasteiger partial charge in [0.25, 0.3) is 0 Å². The molecule has 8 heteroatoms. The summed E-state index contributed by atoms with van der Waals surface area (Å²) in [6, 6.07) is 13.1. The standard InChI is InChI=1S/C26H34O8/c1-4-7-18-29-22-14-10-20(11-15-22)25(27)33-31-24(9-6-3)32-34-26(28)21-12-16-23(17-13-21)30-19-8-5-2/h10-17,24H,4-9,18-19H2,1-3H3. The van der Waals surface area contributed by atoms with Gasteiger partial charge in [-0.25, -0.2) is 9.59 Å². The molecule has 186 valence electrons. The fraction of sp³-hybridized carbons (Fsp3) is 0.462. The van der Waals surface area contributed by atoms with E-state index in [-0.39, 0.29) is 11.1 Å². The first kappa shape index (κ1) is 27.1.